The van der Waals surface area contributed by atoms with E-state index in [1.807, 2.05) is 25.1 Å². The maximum atomic E-state index is 12.4. The van der Waals surface area contributed by atoms with E-state index >= 15 is 0 Å². The van der Waals surface area contributed by atoms with Gasteiger partial charge in [0.2, 0.25) is 5.91 Å². The molecule has 0 spiro atoms. The number of rotatable bonds is 5. The minimum absolute atomic E-state index is 0.105. The van der Waals surface area contributed by atoms with Crippen LogP contribution >= 0.6 is 0 Å². The molecule has 1 saturated heterocycles. The highest BCUT2D eigenvalue weighted by Crippen LogP contribution is 2.37. The molecule has 22 heavy (non-hydrogen) atoms. The van der Waals surface area contributed by atoms with E-state index in [1.165, 1.54) is 12.8 Å². The molecule has 1 aliphatic carbocycles. The lowest BCUT2D eigenvalue weighted by Gasteiger charge is -2.34. The molecular weight excluding hydrogens is 276 g/mol. The van der Waals surface area contributed by atoms with Crippen molar-refractivity contribution in [2.75, 3.05) is 29.9 Å². The molecule has 120 valence electrons. The van der Waals surface area contributed by atoms with Gasteiger partial charge in [-0.25, -0.2) is 0 Å². The van der Waals surface area contributed by atoms with Gasteiger partial charge < -0.3 is 15.3 Å². The molecule has 2 aliphatic rings. The van der Waals surface area contributed by atoms with Crippen LogP contribution in [0.1, 0.15) is 32.6 Å². The van der Waals surface area contributed by atoms with E-state index in [-0.39, 0.29) is 18.4 Å². The molecular formula is C18H26N2O2. The summed E-state index contributed by atoms with van der Waals surface area (Å²) in [5.74, 6) is 1.24. The number of piperidine rings is 1. The average molecular weight is 302 g/mol. The second-order valence-electron chi connectivity index (χ2n) is 6.75. The molecule has 1 aliphatic heterocycles. The topological polar surface area (TPSA) is 52.6 Å². The monoisotopic (exact) mass is 302 g/mol. The second-order valence-corrected chi connectivity index (χ2v) is 6.75. The van der Waals surface area contributed by atoms with Gasteiger partial charge in [0.1, 0.15) is 0 Å². The number of nitrogens with zero attached hydrogens (tertiary/aromatic N) is 1. The Morgan fingerprint density at radius 1 is 1.27 bits per heavy atom. The molecule has 1 saturated carbocycles. The number of nitrogens with one attached hydrogen (secondary N) is 1. The van der Waals surface area contributed by atoms with Gasteiger partial charge >= 0.3 is 0 Å². The summed E-state index contributed by atoms with van der Waals surface area (Å²) in [4.78, 5) is 14.7. The first kappa shape index (κ1) is 15.3. The Balaban J connectivity index is 1.68. The molecule has 1 unspecified atom stereocenters. The third-order valence-corrected chi connectivity index (χ3v) is 5.12. The van der Waals surface area contributed by atoms with Crippen LogP contribution in [0.25, 0.3) is 0 Å². The molecule has 3 rings (SSSR count). The molecule has 2 fully saturated rings. The SMILES string of the molecule is CC(C(=O)Nc1ccccc1N1CCC(CO)CC1)C1CC1. The molecule has 0 radical (unpaired) electrons. The number of para-hydroxylation sites is 2. The van der Waals surface area contributed by atoms with Crippen LogP contribution in [-0.4, -0.2) is 30.7 Å². The zero-order chi connectivity index (χ0) is 15.5. The first-order valence-electron chi connectivity index (χ1n) is 8.44. The summed E-state index contributed by atoms with van der Waals surface area (Å²) in [6, 6.07) is 8.07. The van der Waals surface area contributed by atoms with Crippen molar-refractivity contribution in [1.82, 2.24) is 0 Å². The summed E-state index contributed by atoms with van der Waals surface area (Å²) in [7, 11) is 0. The Bertz CT molecular complexity index is 520. The fourth-order valence-electron chi connectivity index (χ4n) is 3.27. The number of benzene rings is 1. The van der Waals surface area contributed by atoms with Crippen LogP contribution < -0.4 is 10.2 Å². The Hall–Kier alpha value is -1.55. The molecule has 1 heterocycles. The molecule has 1 aromatic rings. The predicted molar refractivity (Wildman–Crippen MR) is 89.0 cm³/mol. The lowest BCUT2D eigenvalue weighted by molar-refractivity contribution is -0.119. The standard InChI is InChI=1S/C18H26N2O2/c1-13(15-6-7-15)18(22)19-16-4-2-3-5-17(16)20-10-8-14(12-21)9-11-20/h2-5,13-15,21H,6-12H2,1H3,(H,19,22). The average Bonchev–Trinajstić information content (AvgIpc) is 3.39. The Morgan fingerprint density at radius 2 is 1.95 bits per heavy atom. The summed E-state index contributed by atoms with van der Waals surface area (Å²) in [6.45, 7) is 4.19. The van der Waals surface area contributed by atoms with Gasteiger partial charge in [0.25, 0.3) is 0 Å². The number of hydrogen-bond donors (Lipinski definition) is 2. The minimum atomic E-state index is 0.105. The van der Waals surface area contributed by atoms with Gasteiger partial charge in [0.05, 0.1) is 11.4 Å². The normalized spacial score (nSPS) is 20.7. The van der Waals surface area contributed by atoms with Gasteiger partial charge in [-0.05, 0) is 49.7 Å². The van der Waals surface area contributed by atoms with Gasteiger partial charge in [-0.2, -0.15) is 0 Å². The van der Waals surface area contributed by atoms with Gasteiger partial charge in [-0.3, -0.25) is 4.79 Å². The second kappa shape index (κ2) is 6.69. The summed E-state index contributed by atoms with van der Waals surface area (Å²) in [6.07, 6.45) is 4.39. The van der Waals surface area contributed by atoms with Crippen molar-refractivity contribution < 1.29 is 9.90 Å². The van der Waals surface area contributed by atoms with Crippen molar-refractivity contribution in [2.24, 2.45) is 17.8 Å². The first-order chi connectivity index (χ1) is 10.7. The highest BCUT2D eigenvalue weighted by molar-refractivity contribution is 5.96. The number of aliphatic hydroxyl groups excluding tert-OH is 1. The van der Waals surface area contributed by atoms with Crippen LogP contribution in [-0.2, 0) is 4.79 Å². The van der Waals surface area contributed by atoms with Gasteiger partial charge in [-0.1, -0.05) is 19.1 Å². The molecule has 0 bridgehead atoms. The molecule has 1 amide bonds. The van der Waals surface area contributed by atoms with Gasteiger partial charge in [0.15, 0.2) is 0 Å². The van der Waals surface area contributed by atoms with Crippen molar-refractivity contribution in [3.8, 4) is 0 Å². The maximum Gasteiger partial charge on any atom is 0.227 e. The number of hydrogen-bond acceptors (Lipinski definition) is 3. The van der Waals surface area contributed by atoms with Crippen LogP contribution in [0.3, 0.4) is 0 Å². The maximum absolute atomic E-state index is 12.4. The van der Waals surface area contributed by atoms with Crippen LogP contribution in [0.4, 0.5) is 11.4 Å². The quantitative estimate of drug-likeness (QED) is 0.879. The van der Waals surface area contributed by atoms with E-state index in [9.17, 15) is 9.90 Å². The van der Waals surface area contributed by atoms with Crippen molar-refractivity contribution in [3.05, 3.63) is 24.3 Å². The van der Waals surface area contributed by atoms with Crippen molar-refractivity contribution >= 4 is 17.3 Å². The minimum Gasteiger partial charge on any atom is -0.396 e. The Labute approximate surface area is 132 Å². The summed E-state index contributed by atoms with van der Waals surface area (Å²) >= 11 is 0. The molecule has 1 atom stereocenters. The highest BCUT2D eigenvalue weighted by atomic mass is 16.3. The van der Waals surface area contributed by atoms with E-state index in [1.54, 1.807) is 0 Å². The van der Waals surface area contributed by atoms with Crippen LogP contribution in [0, 0.1) is 17.8 Å². The Morgan fingerprint density at radius 3 is 2.59 bits per heavy atom. The smallest absolute Gasteiger partial charge is 0.227 e. The van der Waals surface area contributed by atoms with Crippen molar-refractivity contribution in [2.45, 2.75) is 32.6 Å². The number of anilines is 2. The number of aliphatic hydroxyl groups is 1. The van der Waals surface area contributed by atoms with E-state index in [2.05, 4.69) is 16.3 Å². The number of carbonyl (C=O) groups excluding carboxylic acids is 1. The third-order valence-electron chi connectivity index (χ3n) is 5.12. The zero-order valence-electron chi connectivity index (χ0n) is 13.3. The zero-order valence-corrected chi connectivity index (χ0v) is 13.3. The summed E-state index contributed by atoms with van der Waals surface area (Å²) < 4.78 is 0. The van der Waals surface area contributed by atoms with E-state index in [0.29, 0.717) is 11.8 Å². The third kappa shape index (κ3) is 3.43. The van der Waals surface area contributed by atoms with Crippen LogP contribution in [0.15, 0.2) is 24.3 Å². The van der Waals surface area contributed by atoms with Crippen LogP contribution in [0.2, 0.25) is 0 Å². The summed E-state index contributed by atoms with van der Waals surface area (Å²) in [5.41, 5.74) is 2.03. The molecule has 2 N–H and O–H groups in total. The fraction of sp³-hybridized carbons (Fsp3) is 0.611. The highest BCUT2D eigenvalue weighted by Gasteiger charge is 2.33. The van der Waals surface area contributed by atoms with E-state index in [4.69, 9.17) is 0 Å². The molecule has 4 heteroatoms. The predicted octanol–water partition coefficient (Wildman–Crippen LogP) is 2.88. The fourth-order valence-corrected chi connectivity index (χ4v) is 3.27. The molecule has 1 aromatic carbocycles. The summed E-state index contributed by atoms with van der Waals surface area (Å²) in [5, 5.41) is 12.4. The number of carbonyl (C=O) groups is 1. The van der Waals surface area contributed by atoms with E-state index < -0.39 is 0 Å². The van der Waals surface area contributed by atoms with Crippen molar-refractivity contribution in [1.29, 1.82) is 0 Å². The van der Waals surface area contributed by atoms with E-state index in [0.717, 1.165) is 37.3 Å². The first-order valence-corrected chi connectivity index (χ1v) is 8.44. The van der Waals surface area contributed by atoms with Gasteiger partial charge in [-0.15, -0.1) is 0 Å². The number of amides is 1. The van der Waals surface area contributed by atoms with Gasteiger partial charge in [0, 0.05) is 25.6 Å². The lowest BCUT2D eigenvalue weighted by atomic mass is 9.97. The Kier molecular flexibility index (Phi) is 4.67. The lowest BCUT2D eigenvalue weighted by Crippen LogP contribution is -2.35. The van der Waals surface area contributed by atoms with Crippen molar-refractivity contribution in [3.63, 3.8) is 0 Å². The largest absolute Gasteiger partial charge is 0.396 e. The van der Waals surface area contributed by atoms with Crippen LogP contribution in [0.5, 0.6) is 0 Å². The molecule has 0 aromatic heterocycles. The molecule has 4 nitrogen and oxygen atoms in total.